The molecule has 6 heteroatoms. The van der Waals surface area contributed by atoms with E-state index in [1.165, 1.54) is 0 Å². The first-order valence-corrected chi connectivity index (χ1v) is 9.97. The molecule has 26 heavy (non-hydrogen) atoms. The molecule has 0 aliphatic carbocycles. The van der Waals surface area contributed by atoms with Crippen molar-refractivity contribution in [2.75, 3.05) is 6.61 Å². The minimum Gasteiger partial charge on any atom is -0.395 e. The van der Waals surface area contributed by atoms with Crippen molar-refractivity contribution >= 4 is 19.4 Å². The van der Waals surface area contributed by atoms with E-state index in [2.05, 4.69) is 0 Å². The lowest BCUT2D eigenvalue weighted by Crippen LogP contribution is -2.09. The fourth-order valence-corrected chi connectivity index (χ4v) is 3.74. The molecule has 0 aromatic heterocycles. The van der Waals surface area contributed by atoms with Gasteiger partial charge in [0.05, 0.1) is 12.0 Å². The number of benzene rings is 3. The van der Waals surface area contributed by atoms with Crippen LogP contribution < -0.4 is 9.05 Å². The van der Waals surface area contributed by atoms with Crippen molar-refractivity contribution in [3.8, 4) is 11.5 Å². The Morgan fingerprint density at radius 3 is 1.62 bits per heavy atom. The number of rotatable bonds is 8. The summed E-state index contributed by atoms with van der Waals surface area (Å²) in [6.45, 7) is -0.0253. The molecule has 0 spiro atoms. The predicted molar refractivity (Wildman–Crippen MR) is 103 cm³/mol. The fourth-order valence-electron chi connectivity index (χ4n) is 2.21. The van der Waals surface area contributed by atoms with Crippen LogP contribution in [0.4, 0.5) is 0 Å². The van der Waals surface area contributed by atoms with Crippen molar-refractivity contribution in [1.29, 1.82) is 0 Å². The first-order chi connectivity index (χ1) is 12.6. The lowest BCUT2D eigenvalue weighted by Gasteiger charge is -2.20. The maximum absolute atomic E-state index is 13.2. The molecule has 134 valence electrons. The predicted octanol–water partition coefficient (Wildman–Crippen LogP) is 6.25. The normalized spacial score (nSPS) is 12.3. The maximum atomic E-state index is 13.2. The van der Waals surface area contributed by atoms with Crippen molar-refractivity contribution < 1.29 is 18.1 Å². The summed E-state index contributed by atoms with van der Waals surface area (Å²) in [6.07, 6.45) is 0. The highest BCUT2D eigenvalue weighted by Crippen LogP contribution is 2.50. The number of phosphoric acid groups is 1. The Morgan fingerprint density at radius 2 is 1.15 bits per heavy atom. The highest BCUT2D eigenvalue weighted by molar-refractivity contribution is 7.49. The Kier molecular flexibility index (Phi) is 6.35. The largest absolute Gasteiger partial charge is 0.587 e. The molecule has 0 saturated carbocycles. The molecular weight excluding hydrogens is 371 g/mol. The van der Waals surface area contributed by atoms with E-state index < -0.39 is 13.2 Å². The number of hydrogen-bond donors (Lipinski definition) is 0. The summed E-state index contributed by atoms with van der Waals surface area (Å²) in [5, 5.41) is -0.483. The Morgan fingerprint density at radius 1 is 0.731 bits per heavy atom. The quantitative estimate of drug-likeness (QED) is 0.338. The average molecular weight is 389 g/mol. The van der Waals surface area contributed by atoms with Crippen molar-refractivity contribution in [3.05, 3.63) is 96.6 Å². The number of hydrogen-bond acceptors (Lipinski definition) is 4. The molecule has 4 nitrogen and oxygen atoms in total. The van der Waals surface area contributed by atoms with Gasteiger partial charge in [0.25, 0.3) is 0 Å². The fraction of sp³-hybridized carbons (Fsp3) is 0.100. The molecule has 3 aromatic carbocycles. The molecule has 0 radical (unpaired) electrons. The van der Waals surface area contributed by atoms with E-state index in [0.29, 0.717) is 11.5 Å². The third-order valence-corrected chi connectivity index (χ3v) is 5.17. The third kappa shape index (κ3) is 5.37. The Labute approximate surface area is 157 Å². The second-order valence-corrected chi connectivity index (χ2v) is 7.47. The van der Waals surface area contributed by atoms with Crippen molar-refractivity contribution in [1.82, 2.24) is 0 Å². The molecule has 0 heterocycles. The molecule has 0 N–H and O–H groups in total. The molecule has 0 aliphatic heterocycles. The van der Waals surface area contributed by atoms with Gasteiger partial charge in [-0.1, -0.05) is 66.7 Å². The van der Waals surface area contributed by atoms with Crippen LogP contribution in [0.15, 0.2) is 91.0 Å². The molecule has 1 atom stereocenters. The summed E-state index contributed by atoms with van der Waals surface area (Å²) in [5.74, 6) is 0.773. The summed E-state index contributed by atoms with van der Waals surface area (Å²) in [7, 11) is -3.92. The van der Waals surface area contributed by atoms with Gasteiger partial charge in [-0.05, 0) is 29.8 Å². The summed E-state index contributed by atoms with van der Waals surface area (Å²) < 4.78 is 29.8. The monoisotopic (exact) mass is 388 g/mol. The highest BCUT2D eigenvalue weighted by Gasteiger charge is 2.32. The summed E-state index contributed by atoms with van der Waals surface area (Å²) >= 11 is 6.36. The van der Waals surface area contributed by atoms with Crippen molar-refractivity contribution in [2.24, 2.45) is 0 Å². The standard InChI is InChI=1S/C20H18ClO4P/c21-20(17-10-4-1-5-11-17)16-23-26(22,24-18-12-6-2-7-13-18)25-19-14-8-3-9-15-19/h1-15,20H,16H2. The van der Waals surface area contributed by atoms with Crippen LogP contribution in [0.2, 0.25) is 0 Å². The third-order valence-electron chi connectivity index (χ3n) is 3.46. The van der Waals surface area contributed by atoms with Crippen molar-refractivity contribution in [3.63, 3.8) is 0 Å². The first kappa shape index (κ1) is 18.5. The smallest absolute Gasteiger partial charge is 0.395 e. The van der Waals surface area contributed by atoms with Crippen LogP contribution in [-0.2, 0) is 9.09 Å². The summed E-state index contributed by atoms with van der Waals surface area (Å²) in [4.78, 5) is 0. The molecule has 0 amide bonds. The Bertz CT molecular complexity index is 798. The summed E-state index contributed by atoms with van der Waals surface area (Å²) in [6, 6.07) is 26.9. The van der Waals surface area contributed by atoms with E-state index in [0.717, 1.165) is 5.56 Å². The van der Waals surface area contributed by atoms with E-state index in [1.807, 2.05) is 42.5 Å². The minimum atomic E-state index is -3.92. The number of phosphoric ester groups is 1. The van der Waals surface area contributed by atoms with Gasteiger partial charge in [0.1, 0.15) is 11.5 Å². The highest BCUT2D eigenvalue weighted by atomic mass is 35.5. The van der Waals surface area contributed by atoms with Crippen LogP contribution in [0, 0.1) is 0 Å². The van der Waals surface area contributed by atoms with Gasteiger partial charge in [-0.3, -0.25) is 4.52 Å². The van der Waals surface area contributed by atoms with Gasteiger partial charge in [0.2, 0.25) is 0 Å². The maximum Gasteiger partial charge on any atom is 0.587 e. The van der Waals surface area contributed by atoms with E-state index in [1.54, 1.807) is 48.5 Å². The van der Waals surface area contributed by atoms with Crippen LogP contribution in [0.1, 0.15) is 10.9 Å². The van der Waals surface area contributed by atoms with E-state index >= 15 is 0 Å². The van der Waals surface area contributed by atoms with Crippen LogP contribution in [0.25, 0.3) is 0 Å². The topological polar surface area (TPSA) is 44.8 Å². The van der Waals surface area contributed by atoms with Gasteiger partial charge >= 0.3 is 7.82 Å². The van der Waals surface area contributed by atoms with Crippen LogP contribution in [0.3, 0.4) is 0 Å². The van der Waals surface area contributed by atoms with Crippen LogP contribution in [0.5, 0.6) is 11.5 Å². The molecular formula is C20H18ClO4P. The molecule has 3 rings (SSSR count). The Balaban J connectivity index is 1.75. The van der Waals surface area contributed by atoms with Gasteiger partial charge in [-0.25, -0.2) is 4.57 Å². The van der Waals surface area contributed by atoms with Gasteiger partial charge in [-0.2, -0.15) is 0 Å². The number of para-hydroxylation sites is 2. The molecule has 0 fully saturated rings. The zero-order valence-corrected chi connectivity index (χ0v) is 15.6. The molecule has 0 aliphatic rings. The number of halogens is 1. The molecule has 0 bridgehead atoms. The SMILES string of the molecule is O=P(OCC(Cl)c1ccccc1)(Oc1ccccc1)Oc1ccccc1. The van der Waals surface area contributed by atoms with Gasteiger partial charge < -0.3 is 9.05 Å². The minimum absolute atomic E-state index is 0.0253. The van der Waals surface area contributed by atoms with Crippen LogP contribution >= 0.6 is 19.4 Å². The molecule has 0 saturated heterocycles. The van der Waals surface area contributed by atoms with E-state index in [4.69, 9.17) is 25.2 Å². The lowest BCUT2D eigenvalue weighted by atomic mass is 10.2. The van der Waals surface area contributed by atoms with Gasteiger partial charge in [0.15, 0.2) is 0 Å². The summed E-state index contributed by atoms with van der Waals surface area (Å²) in [5.41, 5.74) is 0.861. The molecule has 3 aromatic rings. The van der Waals surface area contributed by atoms with Gasteiger partial charge in [0, 0.05) is 0 Å². The number of alkyl halides is 1. The first-order valence-electron chi connectivity index (χ1n) is 8.07. The van der Waals surface area contributed by atoms with E-state index in [9.17, 15) is 4.57 Å². The zero-order valence-electron chi connectivity index (χ0n) is 13.9. The average Bonchev–Trinajstić information content (AvgIpc) is 2.68. The van der Waals surface area contributed by atoms with Crippen LogP contribution in [-0.4, -0.2) is 6.61 Å². The van der Waals surface area contributed by atoms with E-state index in [-0.39, 0.29) is 6.61 Å². The zero-order chi connectivity index (χ0) is 18.2. The lowest BCUT2D eigenvalue weighted by molar-refractivity contribution is 0.209. The van der Waals surface area contributed by atoms with Gasteiger partial charge in [-0.15, -0.1) is 11.6 Å². The molecule has 1 unspecified atom stereocenters. The Hall–Kier alpha value is -2.26. The second-order valence-electron chi connectivity index (χ2n) is 5.43. The van der Waals surface area contributed by atoms with Crippen molar-refractivity contribution in [2.45, 2.75) is 5.38 Å². The second kappa shape index (κ2) is 8.91.